The third-order valence-corrected chi connectivity index (χ3v) is 3.19. The first-order valence-electron chi connectivity index (χ1n) is 7.72. The number of hydrogen-bond acceptors (Lipinski definition) is 5. The van der Waals surface area contributed by atoms with Gasteiger partial charge in [0.25, 0.3) is 5.91 Å². The maximum absolute atomic E-state index is 12.5. The molecule has 1 aromatic carbocycles. The Morgan fingerprint density at radius 1 is 1.23 bits per heavy atom. The summed E-state index contributed by atoms with van der Waals surface area (Å²) in [5.41, 5.74) is 3.66. The van der Waals surface area contributed by atoms with Crippen molar-refractivity contribution < 1.29 is 32.3 Å². The highest BCUT2D eigenvalue weighted by Gasteiger charge is 2.31. The molecule has 144 valence electrons. The van der Waals surface area contributed by atoms with Gasteiger partial charge >= 0.3 is 18.2 Å². The van der Waals surface area contributed by atoms with Crippen molar-refractivity contribution in [1.82, 2.24) is 10.6 Å². The molecule has 26 heavy (non-hydrogen) atoms. The lowest BCUT2D eigenvalue weighted by atomic mass is 10.1. The number of benzene rings is 1. The van der Waals surface area contributed by atoms with E-state index in [0.29, 0.717) is 24.6 Å². The summed E-state index contributed by atoms with van der Waals surface area (Å²) in [5, 5.41) is 4.41. The third kappa shape index (κ3) is 6.99. The number of halogens is 3. The molecular formula is C16H20F3N3O4. The van der Waals surface area contributed by atoms with Crippen LogP contribution in [0.4, 0.5) is 23.7 Å². The SMILES string of the molecule is CC(C)CCNC(=O)NC(=O)COC(=O)c1ccc(C(F)(F)F)cc1N. The summed E-state index contributed by atoms with van der Waals surface area (Å²) in [6.45, 7) is 3.53. The first-order chi connectivity index (χ1) is 12.0. The normalized spacial score (nSPS) is 11.2. The van der Waals surface area contributed by atoms with Gasteiger partial charge in [-0.1, -0.05) is 13.8 Å². The Balaban J connectivity index is 2.51. The average Bonchev–Trinajstić information content (AvgIpc) is 2.51. The molecule has 3 amide bonds. The van der Waals surface area contributed by atoms with Crippen molar-refractivity contribution in [3.63, 3.8) is 0 Å². The smallest absolute Gasteiger partial charge is 0.416 e. The summed E-state index contributed by atoms with van der Waals surface area (Å²) >= 11 is 0. The number of urea groups is 1. The van der Waals surface area contributed by atoms with Crippen LogP contribution in [0.25, 0.3) is 0 Å². The van der Waals surface area contributed by atoms with E-state index in [4.69, 9.17) is 5.73 Å². The van der Waals surface area contributed by atoms with Crippen LogP contribution < -0.4 is 16.4 Å². The second-order valence-corrected chi connectivity index (χ2v) is 5.86. The zero-order valence-corrected chi connectivity index (χ0v) is 14.3. The molecule has 0 aliphatic heterocycles. The molecule has 0 fully saturated rings. The number of nitrogens with one attached hydrogen (secondary N) is 2. The lowest BCUT2D eigenvalue weighted by Crippen LogP contribution is -2.42. The fourth-order valence-corrected chi connectivity index (χ4v) is 1.82. The average molecular weight is 375 g/mol. The predicted molar refractivity (Wildman–Crippen MR) is 87.1 cm³/mol. The van der Waals surface area contributed by atoms with Crippen molar-refractivity contribution in [3.8, 4) is 0 Å². The van der Waals surface area contributed by atoms with Gasteiger partial charge in [-0.3, -0.25) is 10.1 Å². The topological polar surface area (TPSA) is 111 Å². The highest BCUT2D eigenvalue weighted by Crippen LogP contribution is 2.31. The van der Waals surface area contributed by atoms with Crippen LogP contribution in [-0.2, 0) is 15.7 Å². The quantitative estimate of drug-likeness (QED) is 0.522. The van der Waals surface area contributed by atoms with Gasteiger partial charge in [0.15, 0.2) is 6.61 Å². The molecule has 0 spiro atoms. The number of ether oxygens (including phenoxy) is 1. The van der Waals surface area contributed by atoms with Crippen molar-refractivity contribution in [1.29, 1.82) is 0 Å². The number of carbonyl (C=O) groups is 3. The van der Waals surface area contributed by atoms with E-state index in [-0.39, 0.29) is 5.56 Å². The van der Waals surface area contributed by atoms with Crippen molar-refractivity contribution in [2.24, 2.45) is 5.92 Å². The molecule has 0 aromatic heterocycles. The van der Waals surface area contributed by atoms with Crippen LogP contribution in [-0.4, -0.2) is 31.1 Å². The van der Waals surface area contributed by atoms with E-state index >= 15 is 0 Å². The van der Waals surface area contributed by atoms with E-state index in [1.54, 1.807) is 0 Å². The Bertz CT molecular complexity index is 675. The van der Waals surface area contributed by atoms with Gasteiger partial charge in [0.05, 0.1) is 11.1 Å². The Morgan fingerprint density at radius 2 is 1.88 bits per heavy atom. The molecule has 0 aliphatic carbocycles. The Morgan fingerprint density at radius 3 is 2.42 bits per heavy atom. The molecule has 7 nitrogen and oxygen atoms in total. The summed E-state index contributed by atoms with van der Waals surface area (Å²) in [6, 6.07) is 1.39. The minimum Gasteiger partial charge on any atom is -0.452 e. The molecule has 1 rings (SSSR count). The van der Waals surface area contributed by atoms with Gasteiger partial charge in [0.2, 0.25) is 0 Å². The standard InChI is InChI=1S/C16H20F3N3O4/c1-9(2)5-6-21-15(25)22-13(23)8-26-14(24)11-4-3-10(7-12(11)20)16(17,18)19/h3-4,7,9H,5-6,8,20H2,1-2H3,(H2,21,22,23,25). The van der Waals surface area contributed by atoms with Crippen molar-refractivity contribution >= 4 is 23.6 Å². The van der Waals surface area contributed by atoms with Gasteiger partial charge in [-0.15, -0.1) is 0 Å². The van der Waals surface area contributed by atoms with Crippen molar-refractivity contribution in [2.75, 3.05) is 18.9 Å². The van der Waals surface area contributed by atoms with Gasteiger partial charge in [-0.2, -0.15) is 13.2 Å². The van der Waals surface area contributed by atoms with E-state index in [2.05, 4.69) is 10.1 Å². The number of imide groups is 1. The number of hydrogen-bond donors (Lipinski definition) is 3. The van der Waals surface area contributed by atoms with Crippen LogP contribution in [0.3, 0.4) is 0 Å². The van der Waals surface area contributed by atoms with Gasteiger partial charge in [-0.25, -0.2) is 9.59 Å². The van der Waals surface area contributed by atoms with E-state index in [1.807, 2.05) is 19.2 Å². The summed E-state index contributed by atoms with van der Waals surface area (Å²) in [5.74, 6) is -1.58. The first-order valence-corrected chi connectivity index (χ1v) is 7.72. The van der Waals surface area contributed by atoms with Crippen LogP contribution >= 0.6 is 0 Å². The van der Waals surface area contributed by atoms with Crippen molar-refractivity contribution in [3.05, 3.63) is 29.3 Å². The van der Waals surface area contributed by atoms with Crippen LogP contribution in [0.5, 0.6) is 0 Å². The third-order valence-electron chi connectivity index (χ3n) is 3.19. The monoisotopic (exact) mass is 375 g/mol. The Labute approximate surface area is 148 Å². The zero-order valence-electron chi connectivity index (χ0n) is 14.3. The summed E-state index contributed by atoms with van der Waals surface area (Å²) in [4.78, 5) is 34.8. The number of esters is 1. The minimum absolute atomic E-state index is 0.313. The van der Waals surface area contributed by atoms with Gasteiger partial charge in [-0.05, 0) is 30.5 Å². The number of carbonyl (C=O) groups excluding carboxylic acids is 3. The molecule has 0 bridgehead atoms. The first kappa shape index (κ1) is 21.3. The van der Waals surface area contributed by atoms with Gasteiger partial charge in [0.1, 0.15) is 0 Å². The molecule has 0 unspecified atom stereocenters. The number of amides is 3. The Kier molecular flexibility index (Phi) is 7.41. The maximum atomic E-state index is 12.5. The van der Waals surface area contributed by atoms with Crippen LogP contribution in [0.1, 0.15) is 36.2 Å². The number of alkyl halides is 3. The van der Waals surface area contributed by atoms with Crippen LogP contribution in [0, 0.1) is 5.92 Å². The highest BCUT2D eigenvalue weighted by atomic mass is 19.4. The summed E-state index contributed by atoms with van der Waals surface area (Å²) in [6.07, 6.45) is -3.87. The van der Waals surface area contributed by atoms with Gasteiger partial charge < -0.3 is 15.8 Å². The molecule has 0 aliphatic rings. The minimum atomic E-state index is -4.60. The number of nitrogens with two attached hydrogens (primary N) is 1. The number of anilines is 1. The van der Waals surface area contributed by atoms with Crippen LogP contribution in [0.15, 0.2) is 18.2 Å². The molecular weight excluding hydrogens is 355 g/mol. The number of rotatable bonds is 6. The maximum Gasteiger partial charge on any atom is 0.416 e. The molecule has 10 heteroatoms. The fourth-order valence-electron chi connectivity index (χ4n) is 1.82. The van der Waals surface area contributed by atoms with E-state index in [1.165, 1.54) is 0 Å². The predicted octanol–water partition coefficient (Wildman–Crippen LogP) is 2.32. The fraction of sp³-hybridized carbons (Fsp3) is 0.438. The summed E-state index contributed by atoms with van der Waals surface area (Å²) < 4.78 is 42.3. The highest BCUT2D eigenvalue weighted by molar-refractivity contribution is 5.98. The lowest BCUT2D eigenvalue weighted by molar-refractivity contribution is -0.137. The number of nitrogen functional groups attached to an aromatic ring is 1. The second-order valence-electron chi connectivity index (χ2n) is 5.86. The molecule has 0 atom stereocenters. The molecule has 4 N–H and O–H groups in total. The van der Waals surface area contributed by atoms with E-state index in [0.717, 1.165) is 12.5 Å². The van der Waals surface area contributed by atoms with E-state index in [9.17, 15) is 27.6 Å². The Hall–Kier alpha value is -2.78. The van der Waals surface area contributed by atoms with Gasteiger partial charge in [0, 0.05) is 12.2 Å². The molecule has 1 aromatic rings. The molecule has 0 heterocycles. The molecule has 0 saturated carbocycles. The second kappa shape index (κ2) is 9.07. The molecule has 0 radical (unpaired) electrons. The zero-order chi connectivity index (χ0) is 19.9. The largest absolute Gasteiger partial charge is 0.452 e. The summed E-state index contributed by atoms with van der Waals surface area (Å²) in [7, 11) is 0. The molecule has 0 saturated heterocycles. The van der Waals surface area contributed by atoms with Crippen LogP contribution in [0.2, 0.25) is 0 Å². The van der Waals surface area contributed by atoms with E-state index < -0.39 is 41.9 Å². The lowest BCUT2D eigenvalue weighted by Gasteiger charge is -2.11. The van der Waals surface area contributed by atoms with Crippen molar-refractivity contribution in [2.45, 2.75) is 26.4 Å².